The lowest BCUT2D eigenvalue weighted by atomic mass is 10.3. The Balaban J connectivity index is 1.92. The molecule has 0 bridgehead atoms. The van der Waals surface area contributed by atoms with Gasteiger partial charge in [-0.25, -0.2) is 13.1 Å². The summed E-state index contributed by atoms with van der Waals surface area (Å²) in [6, 6.07) is 0.209. The fraction of sp³-hybridized carbons (Fsp3) is 1.00. The first-order chi connectivity index (χ1) is 5.68. The predicted molar refractivity (Wildman–Crippen MR) is 50.8 cm³/mol. The molecule has 70 valence electrons. The lowest BCUT2D eigenvalue weighted by Crippen LogP contribution is -2.36. The number of thioether (sulfide) groups is 1. The van der Waals surface area contributed by atoms with Gasteiger partial charge in [0.1, 0.15) is 0 Å². The third kappa shape index (κ3) is 1.95. The third-order valence-electron chi connectivity index (χ3n) is 2.22. The van der Waals surface area contributed by atoms with E-state index in [1.807, 2.05) is 11.8 Å². The summed E-state index contributed by atoms with van der Waals surface area (Å²) in [6.45, 7) is 0. The van der Waals surface area contributed by atoms with Gasteiger partial charge in [0.05, 0.1) is 5.25 Å². The molecule has 1 aliphatic carbocycles. The molecule has 0 aromatic heterocycles. The zero-order chi connectivity index (χ0) is 8.60. The molecule has 1 aliphatic heterocycles. The second kappa shape index (κ2) is 3.20. The van der Waals surface area contributed by atoms with E-state index in [1.165, 1.54) is 0 Å². The van der Waals surface area contributed by atoms with Crippen molar-refractivity contribution in [3.8, 4) is 0 Å². The van der Waals surface area contributed by atoms with Gasteiger partial charge in [-0.05, 0) is 25.0 Å². The van der Waals surface area contributed by atoms with Crippen LogP contribution >= 0.6 is 11.8 Å². The highest BCUT2D eigenvalue weighted by molar-refractivity contribution is 7.99. The summed E-state index contributed by atoms with van der Waals surface area (Å²) >= 11 is 1.83. The van der Waals surface area contributed by atoms with E-state index in [0.717, 1.165) is 30.8 Å². The number of hydrogen-bond donors (Lipinski definition) is 1. The number of rotatable bonds is 3. The quantitative estimate of drug-likeness (QED) is 0.736. The molecule has 2 aliphatic rings. The largest absolute Gasteiger partial charge is 0.214 e. The second-order valence-electron chi connectivity index (χ2n) is 3.42. The Bertz CT molecular complexity index is 253. The van der Waals surface area contributed by atoms with E-state index in [4.69, 9.17) is 0 Å². The molecule has 0 spiro atoms. The average Bonchev–Trinajstić information content (AvgIpc) is 2.74. The highest BCUT2D eigenvalue weighted by Gasteiger charge is 2.37. The van der Waals surface area contributed by atoms with Gasteiger partial charge in [-0.3, -0.25) is 0 Å². The number of hydrogen-bond acceptors (Lipinski definition) is 3. The fourth-order valence-corrected chi connectivity index (χ4v) is 4.21. The second-order valence-corrected chi connectivity index (χ2v) is 6.56. The molecule has 3 nitrogen and oxygen atoms in total. The van der Waals surface area contributed by atoms with Gasteiger partial charge in [0.25, 0.3) is 0 Å². The van der Waals surface area contributed by atoms with E-state index in [9.17, 15) is 8.42 Å². The van der Waals surface area contributed by atoms with Crippen LogP contribution in [0.5, 0.6) is 0 Å². The Morgan fingerprint density at radius 3 is 2.50 bits per heavy atom. The van der Waals surface area contributed by atoms with E-state index in [-0.39, 0.29) is 11.3 Å². The van der Waals surface area contributed by atoms with Crippen LogP contribution in [0.4, 0.5) is 0 Å². The predicted octanol–water partition coefficient (Wildman–Crippen LogP) is 0.574. The standard InChI is InChI=1S/C7H13NO2S2/c9-12(10,7-1-2-7)8-6-3-4-11-5-6/h6-8H,1-5H2. The van der Waals surface area contributed by atoms with Crippen LogP contribution in [0.15, 0.2) is 0 Å². The Morgan fingerprint density at radius 2 is 2.00 bits per heavy atom. The van der Waals surface area contributed by atoms with Crippen molar-refractivity contribution in [3.05, 3.63) is 0 Å². The van der Waals surface area contributed by atoms with Crippen LogP contribution in [-0.2, 0) is 10.0 Å². The van der Waals surface area contributed by atoms with Crippen molar-refractivity contribution in [1.29, 1.82) is 0 Å². The Labute approximate surface area is 77.4 Å². The Morgan fingerprint density at radius 1 is 1.25 bits per heavy atom. The highest BCUT2D eigenvalue weighted by atomic mass is 32.2. The SMILES string of the molecule is O=S(=O)(NC1CCSC1)C1CC1. The molecule has 1 saturated carbocycles. The van der Waals surface area contributed by atoms with Crippen molar-refractivity contribution in [2.45, 2.75) is 30.6 Å². The molecule has 1 saturated heterocycles. The van der Waals surface area contributed by atoms with Crippen molar-refractivity contribution in [2.24, 2.45) is 0 Å². The van der Waals surface area contributed by atoms with Crippen LogP contribution in [0.25, 0.3) is 0 Å². The van der Waals surface area contributed by atoms with Gasteiger partial charge in [0.15, 0.2) is 0 Å². The molecule has 1 atom stereocenters. The summed E-state index contributed by atoms with van der Waals surface area (Å²) < 4.78 is 25.6. The van der Waals surface area contributed by atoms with E-state index < -0.39 is 10.0 Å². The van der Waals surface area contributed by atoms with Crippen molar-refractivity contribution in [1.82, 2.24) is 4.72 Å². The van der Waals surface area contributed by atoms with Crippen LogP contribution in [0.3, 0.4) is 0 Å². The molecule has 0 aromatic carbocycles. The summed E-state index contributed by atoms with van der Waals surface area (Å²) in [6.07, 6.45) is 2.71. The van der Waals surface area contributed by atoms with Gasteiger partial charge >= 0.3 is 0 Å². The molecule has 1 N–H and O–H groups in total. The van der Waals surface area contributed by atoms with Crippen molar-refractivity contribution < 1.29 is 8.42 Å². The van der Waals surface area contributed by atoms with Crippen LogP contribution in [0, 0.1) is 0 Å². The van der Waals surface area contributed by atoms with Gasteiger partial charge in [-0.1, -0.05) is 0 Å². The van der Waals surface area contributed by atoms with E-state index in [2.05, 4.69) is 4.72 Å². The lowest BCUT2D eigenvalue weighted by Gasteiger charge is -2.10. The number of sulfonamides is 1. The molecular weight excluding hydrogens is 194 g/mol. The van der Waals surface area contributed by atoms with Crippen molar-refractivity contribution in [2.75, 3.05) is 11.5 Å². The Hall–Kier alpha value is 0.260. The van der Waals surface area contributed by atoms with Gasteiger partial charge < -0.3 is 0 Å². The smallest absolute Gasteiger partial charge is 0.212 e. The number of nitrogens with one attached hydrogen (secondary N) is 1. The fourth-order valence-electron chi connectivity index (χ4n) is 1.33. The van der Waals surface area contributed by atoms with Gasteiger partial charge in [-0.15, -0.1) is 0 Å². The zero-order valence-electron chi connectivity index (χ0n) is 6.82. The summed E-state index contributed by atoms with van der Waals surface area (Å²) in [7, 11) is -2.93. The Kier molecular flexibility index (Phi) is 2.35. The summed E-state index contributed by atoms with van der Waals surface area (Å²) in [5.74, 6) is 2.05. The molecular formula is C7H13NO2S2. The van der Waals surface area contributed by atoms with E-state index in [0.29, 0.717) is 0 Å². The zero-order valence-corrected chi connectivity index (χ0v) is 8.46. The van der Waals surface area contributed by atoms with Crippen LogP contribution in [0.2, 0.25) is 0 Å². The molecule has 0 radical (unpaired) electrons. The van der Waals surface area contributed by atoms with E-state index >= 15 is 0 Å². The molecule has 1 heterocycles. The first kappa shape index (κ1) is 8.84. The molecule has 2 fully saturated rings. The summed E-state index contributed by atoms with van der Waals surface area (Å²) in [5, 5.41) is -0.0666. The van der Waals surface area contributed by atoms with Crippen molar-refractivity contribution in [3.63, 3.8) is 0 Å². The van der Waals surface area contributed by atoms with Crippen LogP contribution in [-0.4, -0.2) is 31.2 Å². The first-order valence-electron chi connectivity index (χ1n) is 4.27. The maximum Gasteiger partial charge on any atom is 0.214 e. The molecule has 0 amide bonds. The van der Waals surface area contributed by atoms with Crippen LogP contribution in [0.1, 0.15) is 19.3 Å². The van der Waals surface area contributed by atoms with Crippen LogP contribution < -0.4 is 4.72 Å². The first-order valence-corrected chi connectivity index (χ1v) is 6.97. The summed E-state index contributed by atoms with van der Waals surface area (Å²) in [4.78, 5) is 0. The summed E-state index contributed by atoms with van der Waals surface area (Å²) in [5.41, 5.74) is 0. The third-order valence-corrected chi connectivity index (χ3v) is 5.40. The molecule has 2 rings (SSSR count). The van der Waals surface area contributed by atoms with Gasteiger partial charge in [-0.2, -0.15) is 11.8 Å². The minimum absolute atomic E-state index is 0.0666. The normalized spacial score (nSPS) is 30.8. The van der Waals surface area contributed by atoms with Gasteiger partial charge in [0.2, 0.25) is 10.0 Å². The van der Waals surface area contributed by atoms with Gasteiger partial charge in [0, 0.05) is 11.8 Å². The molecule has 5 heteroatoms. The monoisotopic (exact) mass is 207 g/mol. The maximum absolute atomic E-state index is 11.4. The molecule has 0 aromatic rings. The minimum atomic E-state index is -2.93. The average molecular weight is 207 g/mol. The minimum Gasteiger partial charge on any atom is -0.212 e. The lowest BCUT2D eigenvalue weighted by molar-refractivity contribution is 0.562. The molecule has 1 unspecified atom stereocenters. The highest BCUT2D eigenvalue weighted by Crippen LogP contribution is 2.29. The molecule has 12 heavy (non-hydrogen) atoms. The van der Waals surface area contributed by atoms with E-state index in [1.54, 1.807) is 0 Å². The van der Waals surface area contributed by atoms with Crippen molar-refractivity contribution >= 4 is 21.8 Å². The maximum atomic E-state index is 11.4. The topological polar surface area (TPSA) is 46.2 Å².